The zero-order valence-electron chi connectivity index (χ0n) is 9.85. The lowest BCUT2D eigenvalue weighted by atomic mass is 9.98. The topological polar surface area (TPSA) is 9.23 Å². The van der Waals surface area contributed by atoms with Crippen LogP contribution in [0, 0.1) is 19.8 Å². The Bertz CT molecular complexity index is 290. The number of hydrogen-bond acceptors (Lipinski definition) is 1. The summed E-state index contributed by atoms with van der Waals surface area (Å²) < 4.78 is 5.34. The second-order valence-electron chi connectivity index (χ2n) is 4.36. The molecule has 0 heterocycles. The Labute approximate surface area is 87.1 Å². The van der Waals surface area contributed by atoms with E-state index in [2.05, 4.69) is 39.8 Å². The number of benzene rings is 1. The highest BCUT2D eigenvalue weighted by Crippen LogP contribution is 2.25. The summed E-state index contributed by atoms with van der Waals surface area (Å²) in [6.07, 6.45) is 1.14. The Balaban J connectivity index is 3.01. The van der Waals surface area contributed by atoms with E-state index >= 15 is 0 Å². The van der Waals surface area contributed by atoms with Gasteiger partial charge in [0.15, 0.2) is 0 Å². The van der Waals surface area contributed by atoms with Crippen molar-refractivity contribution in [3.63, 3.8) is 0 Å². The lowest BCUT2D eigenvalue weighted by molar-refractivity contribution is 0.408. The number of hydrogen-bond donors (Lipinski definition) is 0. The first kappa shape index (κ1) is 11.1. The van der Waals surface area contributed by atoms with Gasteiger partial charge in [0.2, 0.25) is 0 Å². The largest absolute Gasteiger partial charge is 0.496 e. The summed E-state index contributed by atoms with van der Waals surface area (Å²) in [5.41, 5.74) is 3.89. The van der Waals surface area contributed by atoms with E-state index in [0.29, 0.717) is 5.92 Å². The molecule has 78 valence electrons. The highest BCUT2D eigenvalue weighted by Gasteiger charge is 2.06. The van der Waals surface area contributed by atoms with Gasteiger partial charge >= 0.3 is 0 Å². The van der Waals surface area contributed by atoms with Gasteiger partial charge in [0.05, 0.1) is 7.11 Å². The molecule has 1 nitrogen and oxygen atoms in total. The average molecular weight is 192 g/mol. The lowest BCUT2D eigenvalue weighted by Gasteiger charge is -2.12. The van der Waals surface area contributed by atoms with Crippen LogP contribution in [0.5, 0.6) is 5.75 Å². The highest BCUT2D eigenvalue weighted by atomic mass is 16.5. The minimum atomic E-state index is 0.710. The maximum Gasteiger partial charge on any atom is 0.124 e. The number of ether oxygens (including phenoxy) is 1. The SMILES string of the molecule is COc1c(C)cc(CC(C)C)cc1C. The Hall–Kier alpha value is -0.980. The van der Waals surface area contributed by atoms with E-state index in [4.69, 9.17) is 4.74 Å². The molecule has 1 aromatic carbocycles. The highest BCUT2D eigenvalue weighted by molar-refractivity contribution is 5.43. The standard InChI is InChI=1S/C13H20O/c1-9(2)6-12-7-10(3)13(14-5)11(4)8-12/h7-9H,6H2,1-5H3. The molecule has 1 heteroatoms. The van der Waals surface area contributed by atoms with E-state index in [0.717, 1.165) is 12.2 Å². The summed E-state index contributed by atoms with van der Waals surface area (Å²) >= 11 is 0. The molecule has 0 aliphatic rings. The maximum atomic E-state index is 5.34. The minimum absolute atomic E-state index is 0.710. The van der Waals surface area contributed by atoms with Crippen molar-refractivity contribution in [1.29, 1.82) is 0 Å². The van der Waals surface area contributed by atoms with Crippen molar-refractivity contribution < 1.29 is 4.74 Å². The first-order valence-electron chi connectivity index (χ1n) is 5.18. The van der Waals surface area contributed by atoms with Gasteiger partial charge in [0.1, 0.15) is 5.75 Å². The van der Waals surface area contributed by atoms with Gasteiger partial charge in [-0.25, -0.2) is 0 Å². The van der Waals surface area contributed by atoms with Gasteiger partial charge in [-0.3, -0.25) is 0 Å². The van der Waals surface area contributed by atoms with E-state index in [-0.39, 0.29) is 0 Å². The molecule has 0 fully saturated rings. The predicted octanol–water partition coefficient (Wildman–Crippen LogP) is 3.51. The second kappa shape index (κ2) is 4.50. The van der Waals surface area contributed by atoms with Gasteiger partial charge in [-0.2, -0.15) is 0 Å². The van der Waals surface area contributed by atoms with Crippen molar-refractivity contribution in [2.45, 2.75) is 34.1 Å². The van der Waals surface area contributed by atoms with Crippen LogP contribution in [-0.2, 0) is 6.42 Å². The summed E-state index contributed by atoms with van der Waals surface area (Å²) in [5, 5.41) is 0. The summed E-state index contributed by atoms with van der Waals surface area (Å²) in [6, 6.07) is 4.46. The predicted molar refractivity (Wildman–Crippen MR) is 61.0 cm³/mol. The molecule has 0 aliphatic carbocycles. The van der Waals surface area contributed by atoms with E-state index in [1.54, 1.807) is 7.11 Å². The van der Waals surface area contributed by atoms with E-state index < -0.39 is 0 Å². The minimum Gasteiger partial charge on any atom is -0.496 e. The van der Waals surface area contributed by atoms with Crippen LogP contribution >= 0.6 is 0 Å². The first-order chi connectivity index (χ1) is 6.54. The zero-order chi connectivity index (χ0) is 10.7. The van der Waals surface area contributed by atoms with Crippen LogP contribution in [0.4, 0.5) is 0 Å². The van der Waals surface area contributed by atoms with Crippen molar-refractivity contribution in [3.05, 3.63) is 28.8 Å². The summed E-state index contributed by atoms with van der Waals surface area (Å²) in [4.78, 5) is 0. The first-order valence-corrected chi connectivity index (χ1v) is 5.18. The maximum absolute atomic E-state index is 5.34. The van der Waals surface area contributed by atoms with Crippen molar-refractivity contribution in [2.24, 2.45) is 5.92 Å². The zero-order valence-corrected chi connectivity index (χ0v) is 9.85. The smallest absolute Gasteiger partial charge is 0.124 e. The third-order valence-electron chi connectivity index (χ3n) is 2.37. The van der Waals surface area contributed by atoms with Crippen LogP contribution in [0.3, 0.4) is 0 Å². The van der Waals surface area contributed by atoms with E-state index in [1.807, 2.05) is 0 Å². The van der Waals surface area contributed by atoms with Crippen LogP contribution in [-0.4, -0.2) is 7.11 Å². The molecule has 0 unspecified atom stereocenters. The van der Waals surface area contributed by atoms with Gasteiger partial charge < -0.3 is 4.74 Å². The van der Waals surface area contributed by atoms with Crippen molar-refractivity contribution in [2.75, 3.05) is 7.11 Å². The fraction of sp³-hybridized carbons (Fsp3) is 0.538. The second-order valence-corrected chi connectivity index (χ2v) is 4.36. The molecule has 0 N–H and O–H groups in total. The molecular formula is C13H20O. The van der Waals surface area contributed by atoms with Crippen molar-refractivity contribution in [1.82, 2.24) is 0 Å². The molecule has 0 radical (unpaired) electrons. The molecule has 0 aromatic heterocycles. The molecule has 14 heavy (non-hydrogen) atoms. The monoisotopic (exact) mass is 192 g/mol. The Kier molecular flexibility index (Phi) is 3.56. The van der Waals surface area contributed by atoms with Crippen LogP contribution in [0.25, 0.3) is 0 Å². The fourth-order valence-corrected chi connectivity index (χ4v) is 1.95. The molecule has 0 amide bonds. The fourth-order valence-electron chi connectivity index (χ4n) is 1.95. The molecule has 0 bridgehead atoms. The van der Waals surface area contributed by atoms with Crippen molar-refractivity contribution >= 4 is 0 Å². The summed E-state index contributed by atoms with van der Waals surface area (Å²) in [6.45, 7) is 8.70. The van der Waals surface area contributed by atoms with Gasteiger partial charge in [0, 0.05) is 0 Å². The molecule has 1 rings (SSSR count). The van der Waals surface area contributed by atoms with Gasteiger partial charge in [-0.15, -0.1) is 0 Å². The Morgan fingerprint density at radius 1 is 1.14 bits per heavy atom. The number of methoxy groups -OCH3 is 1. The lowest BCUT2D eigenvalue weighted by Crippen LogP contribution is -1.98. The number of rotatable bonds is 3. The van der Waals surface area contributed by atoms with Crippen LogP contribution < -0.4 is 4.74 Å². The normalized spacial score (nSPS) is 10.7. The van der Waals surface area contributed by atoms with Gasteiger partial charge in [-0.05, 0) is 42.9 Å². The summed E-state index contributed by atoms with van der Waals surface area (Å²) in [5.74, 6) is 1.74. The van der Waals surface area contributed by atoms with Gasteiger partial charge in [-0.1, -0.05) is 26.0 Å². The molecule has 0 atom stereocenters. The van der Waals surface area contributed by atoms with Crippen LogP contribution in [0.1, 0.15) is 30.5 Å². The van der Waals surface area contributed by atoms with Gasteiger partial charge in [0.25, 0.3) is 0 Å². The molecule has 0 saturated carbocycles. The van der Waals surface area contributed by atoms with E-state index in [1.165, 1.54) is 16.7 Å². The third-order valence-corrected chi connectivity index (χ3v) is 2.37. The molecule has 0 spiro atoms. The molecule has 1 aromatic rings. The van der Waals surface area contributed by atoms with Crippen LogP contribution in [0.15, 0.2) is 12.1 Å². The van der Waals surface area contributed by atoms with Crippen molar-refractivity contribution in [3.8, 4) is 5.75 Å². The van der Waals surface area contributed by atoms with E-state index in [9.17, 15) is 0 Å². The quantitative estimate of drug-likeness (QED) is 0.712. The Morgan fingerprint density at radius 3 is 2.00 bits per heavy atom. The third kappa shape index (κ3) is 2.50. The van der Waals surface area contributed by atoms with Crippen LogP contribution in [0.2, 0.25) is 0 Å². The molecular weight excluding hydrogens is 172 g/mol. The average Bonchev–Trinajstić information content (AvgIpc) is 2.01. The summed E-state index contributed by atoms with van der Waals surface area (Å²) in [7, 11) is 1.73. The number of aryl methyl sites for hydroxylation is 2. The Morgan fingerprint density at radius 2 is 1.64 bits per heavy atom. The molecule has 0 saturated heterocycles. The molecule has 0 aliphatic heterocycles.